The molecule has 35 heavy (non-hydrogen) atoms. The number of rotatable bonds is 4. The highest BCUT2D eigenvalue weighted by Gasteiger charge is 2.31. The van der Waals surface area contributed by atoms with E-state index in [9.17, 15) is 13.2 Å². The van der Waals surface area contributed by atoms with Crippen molar-refractivity contribution < 1.29 is 13.2 Å². The first-order valence-corrected chi connectivity index (χ1v) is 14.3. The van der Waals surface area contributed by atoms with Gasteiger partial charge in [0.25, 0.3) is 5.91 Å². The third-order valence-electron chi connectivity index (χ3n) is 7.16. The molecule has 2 atom stereocenters. The third-order valence-corrected chi connectivity index (χ3v) is 9.92. The number of carbonyl (C=O) groups is 1. The number of aryl methyl sites for hydroxylation is 2. The number of anilines is 1. The molecule has 0 bridgehead atoms. The maximum atomic E-state index is 13.1. The molecule has 1 aliphatic carbocycles. The van der Waals surface area contributed by atoms with Crippen LogP contribution in [0.15, 0.2) is 53.4 Å². The minimum atomic E-state index is -3.58. The number of aromatic nitrogens is 1. The first-order chi connectivity index (χ1) is 16.8. The summed E-state index contributed by atoms with van der Waals surface area (Å²) >= 11 is 1.47. The van der Waals surface area contributed by atoms with Crippen LogP contribution in [0.5, 0.6) is 0 Å². The molecule has 2 heterocycles. The van der Waals surface area contributed by atoms with Crippen molar-refractivity contribution in [2.24, 2.45) is 11.8 Å². The Balaban J connectivity index is 1.24. The van der Waals surface area contributed by atoms with Gasteiger partial charge in [0.1, 0.15) is 0 Å². The maximum absolute atomic E-state index is 13.1. The number of sulfonamides is 1. The highest BCUT2D eigenvalue weighted by Crippen LogP contribution is 2.39. The number of carbonyl (C=O) groups excluding carboxylic acids is 1. The van der Waals surface area contributed by atoms with Gasteiger partial charge in [-0.1, -0.05) is 43.4 Å². The Labute approximate surface area is 209 Å². The second-order valence-corrected chi connectivity index (χ2v) is 13.0. The summed E-state index contributed by atoms with van der Waals surface area (Å²) in [4.78, 5) is 17.9. The molecule has 1 amide bonds. The van der Waals surface area contributed by atoms with Crippen molar-refractivity contribution in [1.82, 2.24) is 9.29 Å². The summed E-state index contributed by atoms with van der Waals surface area (Å²) in [5.41, 5.74) is 4.03. The lowest BCUT2D eigenvalue weighted by Crippen LogP contribution is -2.42. The Kier molecular flexibility index (Phi) is 5.43. The lowest BCUT2D eigenvalue weighted by molar-refractivity contribution is 0.102. The minimum absolute atomic E-state index is 0.222. The van der Waals surface area contributed by atoms with Gasteiger partial charge in [-0.25, -0.2) is 13.4 Å². The molecular formula is C27H27N3O3S2. The molecule has 2 aliphatic rings. The highest BCUT2D eigenvalue weighted by atomic mass is 32.2. The normalized spacial score (nSPS) is 20.5. The van der Waals surface area contributed by atoms with Gasteiger partial charge in [0.15, 0.2) is 5.13 Å². The molecule has 0 radical (unpaired) electrons. The summed E-state index contributed by atoms with van der Waals surface area (Å²) in [5, 5.41) is 5.89. The summed E-state index contributed by atoms with van der Waals surface area (Å²) in [6.45, 7) is 5.24. The summed E-state index contributed by atoms with van der Waals surface area (Å²) in [6, 6.07) is 14.8. The van der Waals surface area contributed by atoms with Crippen LogP contribution in [0.2, 0.25) is 0 Å². The van der Waals surface area contributed by atoms with E-state index >= 15 is 0 Å². The quantitative estimate of drug-likeness (QED) is 0.399. The number of amides is 1. The number of fused-ring (bicyclic) bond motifs is 2. The number of nitrogens with zero attached hydrogens (tertiary/aromatic N) is 2. The van der Waals surface area contributed by atoms with Gasteiger partial charge in [0, 0.05) is 24.0 Å². The zero-order valence-corrected chi connectivity index (χ0v) is 21.4. The van der Waals surface area contributed by atoms with E-state index in [-0.39, 0.29) is 10.8 Å². The van der Waals surface area contributed by atoms with Crippen LogP contribution in [0.1, 0.15) is 41.8 Å². The molecule has 0 spiro atoms. The molecule has 1 fully saturated rings. The number of nitrogens with one attached hydrogen (secondary N) is 1. The molecule has 1 N–H and O–H groups in total. The smallest absolute Gasteiger partial charge is 0.257 e. The van der Waals surface area contributed by atoms with E-state index in [1.54, 1.807) is 16.4 Å². The van der Waals surface area contributed by atoms with Crippen molar-refractivity contribution in [3.63, 3.8) is 0 Å². The van der Waals surface area contributed by atoms with Crippen LogP contribution in [-0.2, 0) is 22.9 Å². The van der Waals surface area contributed by atoms with Gasteiger partial charge >= 0.3 is 0 Å². The molecule has 4 aromatic rings. The molecule has 1 saturated heterocycles. The average molecular weight is 506 g/mol. The largest absolute Gasteiger partial charge is 0.298 e. The van der Waals surface area contributed by atoms with Gasteiger partial charge in [0.2, 0.25) is 10.0 Å². The van der Waals surface area contributed by atoms with Crippen LogP contribution in [-0.4, -0.2) is 36.7 Å². The summed E-state index contributed by atoms with van der Waals surface area (Å²) < 4.78 is 28.9. The SMILES string of the molecule is C[C@@H]1C[C@@H](C)CN(S(=O)(=O)c2ccc(C(=O)Nc3nc4c(cc5c6c(cccc64)CC5)s3)cc2)C1. The summed E-state index contributed by atoms with van der Waals surface area (Å²) in [7, 11) is -3.58. The van der Waals surface area contributed by atoms with Crippen molar-refractivity contribution >= 4 is 53.4 Å². The molecule has 1 aliphatic heterocycles. The number of thiazole rings is 1. The monoisotopic (exact) mass is 505 g/mol. The molecule has 8 heteroatoms. The van der Waals surface area contributed by atoms with E-state index in [1.165, 1.54) is 40.0 Å². The lowest BCUT2D eigenvalue weighted by Gasteiger charge is -2.34. The van der Waals surface area contributed by atoms with E-state index in [0.717, 1.165) is 34.9 Å². The van der Waals surface area contributed by atoms with Gasteiger partial charge in [-0.2, -0.15) is 4.31 Å². The molecule has 6 nitrogen and oxygen atoms in total. The van der Waals surface area contributed by atoms with Crippen LogP contribution in [0.25, 0.3) is 21.0 Å². The maximum Gasteiger partial charge on any atom is 0.257 e. The second kappa shape index (κ2) is 8.40. The standard InChI is InChI=1S/C27H27N3O3S2/c1-16-12-17(2)15-30(14-16)35(32,33)21-10-8-19(9-11-21)26(31)29-27-28-25-22-5-3-4-18-6-7-20(24(18)22)13-23(25)34-27/h3-5,8-11,13,16-17H,6-7,12,14-15H2,1-2H3,(H,28,29,31)/t16-,17-/m1/s1. The minimum Gasteiger partial charge on any atom is -0.298 e. The zero-order valence-electron chi connectivity index (χ0n) is 19.7. The Morgan fingerprint density at radius 1 is 1.03 bits per heavy atom. The van der Waals surface area contributed by atoms with E-state index in [1.807, 2.05) is 0 Å². The van der Waals surface area contributed by atoms with Crippen LogP contribution in [0.4, 0.5) is 5.13 Å². The number of benzene rings is 3. The second-order valence-electron chi connectivity index (χ2n) is 9.99. The summed E-state index contributed by atoms with van der Waals surface area (Å²) in [5.74, 6) is 0.368. The van der Waals surface area contributed by atoms with Crippen LogP contribution in [0, 0.1) is 11.8 Å². The summed E-state index contributed by atoms with van der Waals surface area (Å²) in [6.07, 6.45) is 3.14. The fraction of sp³-hybridized carbons (Fsp3) is 0.333. The molecule has 6 rings (SSSR count). The van der Waals surface area contributed by atoms with Crippen LogP contribution < -0.4 is 5.32 Å². The topological polar surface area (TPSA) is 79.4 Å². The van der Waals surface area contributed by atoms with Gasteiger partial charge in [0.05, 0.1) is 15.1 Å². The van der Waals surface area contributed by atoms with E-state index in [2.05, 4.69) is 43.4 Å². The van der Waals surface area contributed by atoms with Crippen LogP contribution >= 0.6 is 11.3 Å². The predicted molar refractivity (Wildman–Crippen MR) is 141 cm³/mol. The van der Waals surface area contributed by atoms with Crippen molar-refractivity contribution in [3.05, 3.63) is 65.2 Å². The highest BCUT2D eigenvalue weighted by molar-refractivity contribution is 7.89. The third kappa shape index (κ3) is 3.93. The van der Waals surface area contributed by atoms with Gasteiger partial charge in [-0.3, -0.25) is 10.1 Å². The number of piperidine rings is 1. The van der Waals surface area contributed by atoms with Crippen molar-refractivity contribution in [2.75, 3.05) is 18.4 Å². The van der Waals surface area contributed by atoms with Gasteiger partial charge in [-0.05, 0) is 77.9 Å². The molecule has 0 unspecified atom stereocenters. The predicted octanol–water partition coefficient (Wildman–Crippen LogP) is 5.47. The average Bonchev–Trinajstić information content (AvgIpc) is 3.43. The molecule has 3 aromatic carbocycles. The first kappa shape index (κ1) is 22.6. The Morgan fingerprint density at radius 2 is 1.74 bits per heavy atom. The Hall–Kier alpha value is -2.81. The van der Waals surface area contributed by atoms with Crippen molar-refractivity contribution in [1.29, 1.82) is 0 Å². The number of hydrogen-bond acceptors (Lipinski definition) is 5. The van der Waals surface area contributed by atoms with Gasteiger partial charge in [-0.15, -0.1) is 0 Å². The molecule has 0 saturated carbocycles. The Morgan fingerprint density at radius 3 is 2.49 bits per heavy atom. The first-order valence-electron chi connectivity index (χ1n) is 12.0. The van der Waals surface area contributed by atoms with Crippen LogP contribution in [0.3, 0.4) is 0 Å². The van der Waals surface area contributed by atoms with Crippen molar-refractivity contribution in [3.8, 4) is 0 Å². The van der Waals surface area contributed by atoms with E-state index in [0.29, 0.717) is 35.6 Å². The van der Waals surface area contributed by atoms with E-state index < -0.39 is 10.0 Å². The molecule has 180 valence electrons. The lowest BCUT2D eigenvalue weighted by atomic mass is 9.94. The Bertz CT molecular complexity index is 1570. The molecular weight excluding hydrogens is 478 g/mol. The molecule has 1 aromatic heterocycles. The number of hydrogen-bond donors (Lipinski definition) is 1. The van der Waals surface area contributed by atoms with Crippen molar-refractivity contribution in [2.45, 2.75) is 38.0 Å². The fourth-order valence-electron chi connectivity index (χ4n) is 5.66. The fourth-order valence-corrected chi connectivity index (χ4v) is 8.28. The van der Waals surface area contributed by atoms with E-state index in [4.69, 9.17) is 4.98 Å². The van der Waals surface area contributed by atoms with Gasteiger partial charge < -0.3 is 0 Å². The zero-order chi connectivity index (χ0) is 24.3.